The van der Waals surface area contributed by atoms with Gasteiger partial charge in [0.15, 0.2) is 5.56 Å². The Morgan fingerprint density at radius 1 is 1.32 bits per heavy atom. The molecule has 0 spiro atoms. The Hall–Kier alpha value is -2.63. The summed E-state index contributed by atoms with van der Waals surface area (Å²) in [6.07, 6.45) is 0. The van der Waals surface area contributed by atoms with Crippen molar-refractivity contribution in [2.24, 2.45) is 7.05 Å². The number of carboxylic acid groups (broad SMARTS) is 1. The van der Waals surface area contributed by atoms with Crippen molar-refractivity contribution in [1.29, 1.82) is 0 Å². The average Bonchev–Trinajstić information content (AvgIpc) is 2.46. The van der Waals surface area contributed by atoms with E-state index in [2.05, 4.69) is 0 Å². The van der Waals surface area contributed by atoms with Crippen LogP contribution in [-0.2, 0) is 7.05 Å². The highest BCUT2D eigenvalue weighted by molar-refractivity contribution is 5.92. The Bertz CT molecular complexity index is 778. The summed E-state index contributed by atoms with van der Waals surface area (Å²) in [5.41, 5.74) is 0.172. The minimum absolute atomic E-state index is 0.0170. The molecule has 2 aromatic rings. The summed E-state index contributed by atoms with van der Waals surface area (Å²) in [7, 11) is 1.62. The van der Waals surface area contributed by atoms with Crippen LogP contribution in [0, 0.1) is 12.7 Å². The summed E-state index contributed by atoms with van der Waals surface area (Å²) in [5.74, 6) is -1.77. The first-order valence-corrected chi connectivity index (χ1v) is 6.74. The van der Waals surface area contributed by atoms with Gasteiger partial charge in [-0.1, -0.05) is 12.1 Å². The van der Waals surface area contributed by atoms with E-state index in [1.54, 1.807) is 20.9 Å². The molecule has 1 heterocycles. The second-order valence-corrected chi connectivity index (χ2v) is 4.77. The number of carbonyl (C=O) groups is 1. The molecule has 0 radical (unpaired) electrons. The molecule has 5 nitrogen and oxygen atoms in total. The molecular formula is C16H16FNO4. The predicted molar refractivity (Wildman–Crippen MR) is 79.9 cm³/mol. The van der Waals surface area contributed by atoms with Crippen LogP contribution < -0.4 is 10.2 Å². The first kappa shape index (κ1) is 15.8. The van der Waals surface area contributed by atoms with Crippen molar-refractivity contribution in [3.8, 4) is 17.0 Å². The molecule has 0 aliphatic heterocycles. The van der Waals surface area contributed by atoms with Crippen molar-refractivity contribution in [2.75, 3.05) is 6.61 Å². The summed E-state index contributed by atoms with van der Waals surface area (Å²) in [6, 6.07) is 5.35. The van der Waals surface area contributed by atoms with E-state index in [9.17, 15) is 19.1 Å². The third-order valence-corrected chi connectivity index (χ3v) is 3.47. The predicted octanol–water partition coefficient (Wildman–Crippen LogP) is 2.60. The van der Waals surface area contributed by atoms with E-state index in [-0.39, 0.29) is 18.1 Å². The van der Waals surface area contributed by atoms with Gasteiger partial charge in [0, 0.05) is 18.3 Å². The summed E-state index contributed by atoms with van der Waals surface area (Å²) in [4.78, 5) is 24.1. The second-order valence-electron chi connectivity index (χ2n) is 4.77. The highest BCUT2D eigenvalue weighted by atomic mass is 19.1. The molecule has 2 rings (SSSR count). The maximum Gasteiger partial charge on any atom is 0.345 e. The number of aromatic carboxylic acids is 1. The lowest BCUT2D eigenvalue weighted by molar-refractivity contribution is 0.0689. The zero-order chi connectivity index (χ0) is 16.4. The lowest BCUT2D eigenvalue weighted by Gasteiger charge is -2.18. The Balaban J connectivity index is 2.84. The first-order valence-electron chi connectivity index (χ1n) is 6.74. The van der Waals surface area contributed by atoms with Crippen molar-refractivity contribution in [3.63, 3.8) is 0 Å². The number of halogens is 1. The van der Waals surface area contributed by atoms with Gasteiger partial charge in [0.1, 0.15) is 5.82 Å². The Labute approximate surface area is 126 Å². The molecule has 1 aromatic heterocycles. The molecule has 0 aliphatic rings. The number of hydrogen-bond donors (Lipinski definition) is 1. The number of nitrogens with zero attached hydrogens (tertiary/aromatic N) is 1. The maximum absolute atomic E-state index is 13.1. The molecule has 0 saturated heterocycles. The number of benzene rings is 1. The van der Waals surface area contributed by atoms with Crippen LogP contribution in [0.5, 0.6) is 5.88 Å². The molecule has 0 unspecified atom stereocenters. The van der Waals surface area contributed by atoms with Gasteiger partial charge in [0.05, 0.1) is 6.61 Å². The first-order chi connectivity index (χ1) is 10.4. The zero-order valence-electron chi connectivity index (χ0n) is 12.5. The van der Waals surface area contributed by atoms with Gasteiger partial charge in [0.2, 0.25) is 11.3 Å². The van der Waals surface area contributed by atoms with Crippen LogP contribution in [0.1, 0.15) is 23.0 Å². The number of aromatic nitrogens is 1. The van der Waals surface area contributed by atoms with Crippen LogP contribution in [0.15, 0.2) is 29.1 Å². The average molecular weight is 305 g/mol. The molecular weight excluding hydrogens is 289 g/mol. The summed E-state index contributed by atoms with van der Waals surface area (Å²) >= 11 is 0. The van der Waals surface area contributed by atoms with Gasteiger partial charge in [-0.25, -0.2) is 9.18 Å². The van der Waals surface area contributed by atoms with Gasteiger partial charge in [-0.2, -0.15) is 0 Å². The topological polar surface area (TPSA) is 68.5 Å². The molecule has 0 bridgehead atoms. The molecule has 6 heteroatoms. The van der Waals surface area contributed by atoms with Crippen LogP contribution in [0.4, 0.5) is 4.39 Å². The van der Waals surface area contributed by atoms with E-state index >= 15 is 0 Å². The van der Waals surface area contributed by atoms with E-state index in [1.807, 2.05) is 0 Å². The van der Waals surface area contributed by atoms with Gasteiger partial charge in [0.25, 0.3) is 0 Å². The molecule has 0 amide bonds. The van der Waals surface area contributed by atoms with Crippen molar-refractivity contribution in [3.05, 3.63) is 51.6 Å². The van der Waals surface area contributed by atoms with Gasteiger partial charge in [-0.15, -0.1) is 0 Å². The minimum atomic E-state index is -1.35. The normalized spacial score (nSPS) is 10.5. The highest BCUT2D eigenvalue weighted by Gasteiger charge is 2.24. The zero-order valence-corrected chi connectivity index (χ0v) is 12.5. The van der Waals surface area contributed by atoms with Gasteiger partial charge in [-0.05, 0) is 31.5 Å². The minimum Gasteiger partial charge on any atom is -0.478 e. The van der Waals surface area contributed by atoms with Crippen molar-refractivity contribution >= 4 is 5.97 Å². The van der Waals surface area contributed by atoms with Gasteiger partial charge in [-0.3, -0.25) is 4.79 Å². The molecule has 0 atom stereocenters. The Morgan fingerprint density at radius 2 is 1.91 bits per heavy atom. The molecule has 1 aromatic carbocycles. The van der Waals surface area contributed by atoms with E-state index < -0.39 is 22.8 Å². The van der Waals surface area contributed by atoms with E-state index in [1.165, 1.54) is 28.8 Å². The number of pyridine rings is 1. The van der Waals surface area contributed by atoms with Crippen molar-refractivity contribution in [1.82, 2.24) is 4.57 Å². The Kier molecular flexibility index (Phi) is 4.30. The Morgan fingerprint density at radius 3 is 2.41 bits per heavy atom. The smallest absolute Gasteiger partial charge is 0.345 e. The molecule has 0 aliphatic carbocycles. The quantitative estimate of drug-likeness (QED) is 0.942. The fourth-order valence-electron chi connectivity index (χ4n) is 2.33. The summed E-state index contributed by atoms with van der Waals surface area (Å²) < 4.78 is 19.9. The fourth-order valence-corrected chi connectivity index (χ4v) is 2.33. The number of hydrogen-bond acceptors (Lipinski definition) is 3. The lowest BCUT2D eigenvalue weighted by atomic mass is 10.0. The third-order valence-electron chi connectivity index (χ3n) is 3.47. The van der Waals surface area contributed by atoms with Crippen LogP contribution in [-0.4, -0.2) is 22.2 Å². The van der Waals surface area contributed by atoms with Crippen LogP contribution in [0.3, 0.4) is 0 Å². The van der Waals surface area contributed by atoms with Crippen molar-refractivity contribution in [2.45, 2.75) is 13.8 Å². The summed E-state index contributed by atoms with van der Waals surface area (Å²) in [5, 5.41) is 9.35. The molecule has 0 saturated carbocycles. The monoisotopic (exact) mass is 305 g/mol. The van der Waals surface area contributed by atoms with E-state index in [0.717, 1.165) is 0 Å². The van der Waals surface area contributed by atoms with Crippen LogP contribution in [0.25, 0.3) is 11.1 Å². The second kappa shape index (κ2) is 6.01. The van der Waals surface area contributed by atoms with Crippen LogP contribution in [0.2, 0.25) is 0 Å². The van der Waals surface area contributed by atoms with Gasteiger partial charge < -0.3 is 14.4 Å². The largest absolute Gasteiger partial charge is 0.478 e. The maximum atomic E-state index is 13.1. The van der Waals surface area contributed by atoms with Crippen LogP contribution >= 0.6 is 0 Å². The fraction of sp³-hybridized carbons (Fsp3) is 0.250. The SMILES string of the molecule is CCOc1c(C(=O)O)c(=O)c(-c2ccc(F)cc2)c(C)n1C. The van der Waals surface area contributed by atoms with Crippen molar-refractivity contribution < 1.29 is 19.0 Å². The molecule has 22 heavy (non-hydrogen) atoms. The third kappa shape index (κ3) is 2.59. The number of rotatable bonds is 4. The lowest BCUT2D eigenvalue weighted by Crippen LogP contribution is -2.24. The molecule has 1 N–H and O–H groups in total. The highest BCUT2D eigenvalue weighted by Crippen LogP contribution is 2.26. The van der Waals surface area contributed by atoms with Gasteiger partial charge >= 0.3 is 5.97 Å². The summed E-state index contributed by atoms with van der Waals surface area (Å²) in [6.45, 7) is 3.64. The van der Waals surface area contributed by atoms with E-state index in [0.29, 0.717) is 11.3 Å². The molecule has 0 fully saturated rings. The molecule has 116 valence electrons. The standard InChI is InChI=1S/C16H16FNO4/c1-4-22-15-13(16(20)21)14(19)12(9(2)18(15)3)10-5-7-11(17)8-6-10/h5-8H,4H2,1-3H3,(H,20,21). The number of ether oxygens (including phenoxy) is 1. The van der Waals surface area contributed by atoms with E-state index in [4.69, 9.17) is 4.74 Å². The number of carboxylic acids is 1.